The minimum absolute atomic E-state index is 0.0378. The number of nitriles is 1. The van der Waals surface area contributed by atoms with Crippen LogP contribution >= 0.6 is 23.2 Å². The van der Waals surface area contributed by atoms with Crippen molar-refractivity contribution in [1.29, 1.82) is 10.7 Å². The van der Waals surface area contributed by atoms with E-state index in [0.717, 1.165) is 25.8 Å². The van der Waals surface area contributed by atoms with Gasteiger partial charge >= 0.3 is 0 Å². The molecule has 2 aliphatic rings. The van der Waals surface area contributed by atoms with Crippen LogP contribution in [-0.2, 0) is 11.3 Å². The first-order chi connectivity index (χ1) is 19.1. The molecule has 5 N–H and O–H groups in total. The van der Waals surface area contributed by atoms with Gasteiger partial charge in [0.1, 0.15) is 22.6 Å². The average Bonchev–Trinajstić information content (AvgIpc) is 2.96. The number of pyridine rings is 1. The highest BCUT2D eigenvalue weighted by atomic mass is 35.5. The zero-order valence-electron chi connectivity index (χ0n) is 21.6. The summed E-state index contributed by atoms with van der Waals surface area (Å²) in [4.78, 5) is 5.79. The molecule has 0 bridgehead atoms. The highest BCUT2D eigenvalue weighted by molar-refractivity contribution is 6.35. The Morgan fingerprint density at radius 2 is 2.05 bits per heavy atom. The molecule has 1 saturated heterocycles. The lowest BCUT2D eigenvalue weighted by Gasteiger charge is -2.44. The first-order valence-corrected chi connectivity index (χ1v) is 13.4. The number of benzene rings is 2. The van der Waals surface area contributed by atoms with E-state index in [4.69, 9.17) is 54.3 Å². The van der Waals surface area contributed by atoms with E-state index in [2.05, 4.69) is 22.9 Å². The smallest absolute Gasteiger partial charge is 0.232 e. The molecule has 1 aromatic heterocycles. The predicted molar refractivity (Wildman–Crippen MR) is 149 cm³/mol. The molecule has 0 aliphatic carbocycles. The van der Waals surface area contributed by atoms with Crippen molar-refractivity contribution in [1.82, 2.24) is 9.88 Å². The number of fused-ring (bicyclic) bond motifs is 1. The van der Waals surface area contributed by atoms with Crippen LogP contribution in [0.15, 0.2) is 36.5 Å². The van der Waals surface area contributed by atoms with Crippen LogP contribution in [0.2, 0.25) is 10.0 Å². The Kier molecular flexibility index (Phi) is 7.86. The third-order valence-electron chi connectivity index (χ3n) is 7.23. The van der Waals surface area contributed by atoms with Gasteiger partial charge in [0.2, 0.25) is 11.7 Å². The third kappa shape index (κ3) is 5.31. The second-order valence-corrected chi connectivity index (χ2v) is 10.4. The molecular formula is C28H27Cl2FN6O3. The Balaban J connectivity index is 1.41. The van der Waals surface area contributed by atoms with Gasteiger partial charge in [-0.05, 0) is 36.9 Å². The SMILES string of the molecule is CCN1CCC2(CC1)OCc1cc(C(=N)c3cc(O[C@H](N)c4c(Cl)cnc(F)c4Cl)ccc3N)cc(C#N)c1O2. The monoisotopic (exact) mass is 584 g/mol. The number of nitrogens with one attached hydrogen (secondary N) is 1. The van der Waals surface area contributed by atoms with Crippen LogP contribution in [0, 0.1) is 22.7 Å². The van der Waals surface area contributed by atoms with E-state index >= 15 is 0 Å². The van der Waals surface area contributed by atoms with Crippen molar-refractivity contribution in [3.05, 3.63) is 80.3 Å². The van der Waals surface area contributed by atoms with E-state index < -0.39 is 18.0 Å². The second-order valence-electron chi connectivity index (χ2n) is 9.65. The number of nitrogen functional groups attached to an aromatic ring is 1. The summed E-state index contributed by atoms with van der Waals surface area (Å²) in [6, 6.07) is 10.2. The van der Waals surface area contributed by atoms with Crippen LogP contribution in [0.3, 0.4) is 0 Å². The van der Waals surface area contributed by atoms with Gasteiger partial charge in [-0.3, -0.25) is 11.1 Å². The van der Waals surface area contributed by atoms with Crippen LogP contribution in [0.25, 0.3) is 0 Å². The van der Waals surface area contributed by atoms with Gasteiger partial charge in [-0.1, -0.05) is 30.1 Å². The molecule has 12 heteroatoms. The first-order valence-electron chi connectivity index (χ1n) is 12.7. The molecule has 1 atom stereocenters. The van der Waals surface area contributed by atoms with Crippen LogP contribution in [0.1, 0.15) is 53.8 Å². The number of nitrogens with zero attached hydrogens (tertiary/aromatic N) is 3. The standard InChI is InChI=1S/C28H27Cl2FN6O3/c1-2-37-7-5-28(6-8-37)38-14-17-10-15(9-16(12-32)25(17)40-28)24(34)19-11-18(3-4-21(19)33)39-27(35)22-20(29)13-36-26(31)23(22)30/h3-4,9-11,13,27,34H,2,5-8,14,33,35H2,1H3/t27-/m0/s1. The highest BCUT2D eigenvalue weighted by Crippen LogP contribution is 2.40. The Morgan fingerprint density at radius 3 is 2.75 bits per heavy atom. The lowest BCUT2D eigenvalue weighted by molar-refractivity contribution is -0.228. The van der Waals surface area contributed by atoms with Gasteiger partial charge in [-0.25, -0.2) is 4.98 Å². The number of hydrogen-bond acceptors (Lipinski definition) is 9. The van der Waals surface area contributed by atoms with Gasteiger partial charge < -0.3 is 24.8 Å². The average molecular weight is 585 g/mol. The number of nitrogens with two attached hydrogens (primary N) is 2. The molecule has 0 amide bonds. The molecule has 2 aliphatic heterocycles. The summed E-state index contributed by atoms with van der Waals surface area (Å²) in [6.45, 7) is 5.05. The molecule has 5 rings (SSSR count). The Labute approximate surface area is 240 Å². The molecule has 1 fully saturated rings. The Hall–Kier alpha value is -3.46. The summed E-state index contributed by atoms with van der Waals surface area (Å²) in [5.41, 5.74) is 14.5. The zero-order chi connectivity index (χ0) is 28.6. The first kappa shape index (κ1) is 28.1. The lowest BCUT2D eigenvalue weighted by Crippen LogP contribution is -2.51. The largest absolute Gasteiger partial charge is 0.471 e. The van der Waals surface area contributed by atoms with Crippen molar-refractivity contribution >= 4 is 34.6 Å². The van der Waals surface area contributed by atoms with Gasteiger partial charge in [0.15, 0.2) is 6.23 Å². The van der Waals surface area contributed by atoms with Crippen molar-refractivity contribution in [3.63, 3.8) is 0 Å². The highest BCUT2D eigenvalue weighted by Gasteiger charge is 2.41. The maximum Gasteiger partial charge on any atom is 0.232 e. The van der Waals surface area contributed by atoms with E-state index in [1.165, 1.54) is 6.07 Å². The maximum absolute atomic E-state index is 13.9. The lowest BCUT2D eigenvalue weighted by atomic mass is 9.95. The maximum atomic E-state index is 13.9. The zero-order valence-corrected chi connectivity index (χ0v) is 23.2. The molecular weight excluding hydrogens is 558 g/mol. The van der Waals surface area contributed by atoms with E-state index in [0.29, 0.717) is 46.5 Å². The number of rotatable bonds is 6. The van der Waals surface area contributed by atoms with Crippen molar-refractivity contribution in [2.75, 3.05) is 25.4 Å². The van der Waals surface area contributed by atoms with E-state index in [9.17, 15) is 9.65 Å². The number of halogens is 3. The normalized spacial score (nSPS) is 17.0. The second kappa shape index (κ2) is 11.2. The fraction of sp³-hybridized carbons (Fsp3) is 0.321. The summed E-state index contributed by atoms with van der Waals surface area (Å²) in [6.07, 6.45) is 1.29. The fourth-order valence-corrected chi connectivity index (χ4v) is 5.49. The molecule has 2 aromatic carbocycles. The summed E-state index contributed by atoms with van der Waals surface area (Å²) in [5.74, 6) is -0.940. The van der Waals surface area contributed by atoms with Gasteiger partial charge in [-0.15, -0.1) is 0 Å². The summed E-state index contributed by atoms with van der Waals surface area (Å²) in [7, 11) is 0. The molecule has 208 valence electrons. The topological polar surface area (TPSA) is 143 Å². The minimum atomic E-state index is -1.22. The van der Waals surface area contributed by atoms with Crippen molar-refractivity contribution in [3.8, 4) is 17.6 Å². The summed E-state index contributed by atoms with van der Waals surface area (Å²) < 4.78 is 32.2. The van der Waals surface area contributed by atoms with Crippen LogP contribution in [-0.4, -0.2) is 41.0 Å². The third-order valence-corrected chi connectivity index (χ3v) is 7.89. The van der Waals surface area contributed by atoms with E-state index in [1.807, 2.05) is 0 Å². The number of aromatic nitrogens is 1. The van der Waals surface area contributed by atoms with Crippen LogP contribution in [0.5, 0.6) is 11.5 Å². The Morgan fingerprint density at radius 1 is 1.30 bits per heavy atom. The number of piperidine rings is 1. The van der Waals surface area contributed by atoms with Crippen LogP contribution < -0.4 is 20.9 Å². The summed E-state index contributed by atoms with van der Waals surface area (Å²) in [5, 5.41) is 18.6. The predicted octanol–water partition coefficient (Wildman–Crippen LogP) is 5.15. The number of hydrogen-bond donors (Lipinski definition) is 3. The van der Waals surface area contributed by atoms with Crippen LogP contribution in [0.4, 0.5) is 10.1 Å². The molecule has 3 aromatic rings. The van der Waals surface area contributed by atoms with Crippen molar-refractivity contribution in [2.24, 2.45) is 5.73 Å². The van der Waals surface area contributed by atoms with E-state index in [1.54, 1.807) is 24.3 Å². The molecule has 0 radical (unpaired) electrons. The quantitative estimate of drug-likeness (QED) is 0.156. The fourth-order valence-electron chi connectivity index (χ4n) is 4.93. The van der Waals surface area contributed by atoms with Gasteiger partial charge in [0.25, 0.3) is 0 Å². The molecule has 3 heterocycles. The Bertz CT molecular complexity index is 1520. The number of anilines is 1. The number of ether oxygens (including phenoxy) is 3. The van der Waals surface area contributed by atoms with Crippen molar-refractivity contribution in [2.45, 2.75) is 38.4 Å². The van der Waals surface area contributed by atoms with E-state index in [-0.39, 0.29) is 33.7 Å². The summed E-state index contributed by atoms with van der Waals surface area (Å²) >= 11 is 12.1. The van der Waals surface area contributed by atoms with Gasteiger partial charge in [0.05, 0.1) is 28.5 Å². The molecule has 0 unspecified atom stereocenters. The minimum Gasteiger partial charge on any atom is -0.471 e. The molecule has 9 nitrogen and oxygen atoms in total. The number of likely N-dealkylation sites (tertiary alicyclic amines) is 1. The van der Waals surface area contributed by atoms with Gasteiger partial charge in [0, 0.05) is 54.5 Å². The molecule has 0 saturated carbocycles. The van der Waals surface area contributed by atoms with Gasteiger partial charge in [-0.2, -0.15) is 9.65 Å². The molecule has 1 spiro atoms. The van der Waals surface area contributed by atoms with Crippen molar-refractivity contribution < 1.29 is 18.6 Å². The molecule has 40 heavy (non-hydrogen) atoms.